The maximum absolute atomic E-state index is 10.1. The van der Waals surface area contributed by atoms with Crippen molar-refractivity contribution in [2.45, 2.75) is 83.5 Å². The van der Waals surface area contributed by atoms with E-state index in [4.69, 9.17) is 4.74 Å². The summed E-state index contributed by atoms with van der Waals surface area (Å²) in [6.45, 7) is 5.23. The van der Waals surface area contributed by atoms with E-state index in [0.29, 0.717) is 22.9 Å². The van der Waals surface area contributed by atoms with Crippen LogP contribution in [0.5, 0.6) is 0 Å². The number of ether oxygens (including phenoxy) is 1. The molecule has 0 amide bonds. The van der Waals surface area contributed by atoms with E-state index in [2.05, 4.69) is 19.9 Å². The quantitative estimate of drug-likeness (QED) is 0.592. The summed E-state index contributed by atoms with van der Waals surface area (Å²) in [5.74, 6) is 3.10. The van der Waals surface area contributed by atoms with E-state index in [1.54, 1.807) is 5.57 Å². The maximum atomic E-state index is 10.1. The van der Waals surface area contributed by atoms with Crippen LogP contribution in [0.4, 0.5) is 0 Å². The molecule has 0 aromatic heterocycles. The van der Waals surface area contributed by atoms with Gasteiger partial charge in [-0.15, -0.1) is 0 Å². The van der Waals surface area contributed by atoms with Crippen LogP contribution in [0.2, 0.25) is 0 Å². The van der Waals surface area contributed by atoms with Gasteiger partial charge in [0.05, 0.1) is 18.8 Å². The van der Waals surface area contributed by atoms with Crippen LogP contribution < -0.4 is 0 Å². The van der Waals surface area contributed by atoms with Gasteiger partial charge < -0.3 is 14.9 Å². The molecule has 9 atom stereocenters. The third-order valence-electron chi connectivity index (χ3n) is 9.35. The van der Waals surface area contributed by atoms with Gasteiger partial charge in [-0.25, -0.2) is 0 Å². The molecule has 0 radical (unpaired) electrons. The Kier molecular flexibility index (Phi) is 3.73. The Morgan fingerprint density at radius 2 is 1.88 bits per heavy atom. The highest BCUT2D eigenvalue weighted by molar-refractivity contribution is 5.25. The third-order valence-corrected chi connectivity index (χ3v) is 9.35. The fraction of sp³-hybridized carbons (Fsp3) is 0.909. The average Bonchev–Trinajstić information content (AvgIpc) is 3.28. The van der Waals surface area contributed by atoms with E-state index in [1.165, 1.54) is 38.5 Å². The lowest BCUT2D eigenvalue weighted by atomic mass is 9.47. The summed E-state index contributed by atoms with van der Waals surface area (Å²) in [5.41, 5.74) is 2.31. The van der Waals surface area contributed by atoms with Crippen molar-refractivity contribution in [1.82, 2.24) is 0 Å². The predicted octanol–water partition coefficient (Wildman–Crippen LogP) is 3.69. The summed E-state index contributed by atoms with van der Waals surface area (Å²) in [7, 11) is 0. The molecule has 4 aliphatic carbocycles. The van der Waals surface area contributed by atoms with Gasteiger partial charge in [-0.05, 0) is 85.9 Å². The van der Waals surface area contributed by atoms with E-state index < -0.39 is 0 Å². The van der Waals surface area contributed by atoms with Crippen LogP contribution in [0.15, 0.2) is 11.6 Å². The Morgan fingerprint density at radius 3 is 2.64 bits per heavy atom. The Bertz CT molecular complexity index is 586. The highest BCUT2D eigenvalue weighted by atomic mass is 16.6. The molecule has 1 saturated heterocycles. The largest absolute Gasteiger partial charge is 0.394 e. The number of hydrogen-bond acceptors (Lipinski definition) is 3. The molecule has 4 fully saturated rings. The van der Waals surface area contributed by atoms with E-state index >= 15 is 0 Å². The number of epoxide rings is 1. The minimum Gasteiger partial charge on any atom is -0.394 e. The molecule has 1 heterocycles. The number of rotatable bonds is 2. The first-order chi connectivity index (χ1) is 12.0. The van der Waals surface area contributed by atoms with Gasteiger partial charge in [-0.2, -0.15) is 0 Å². The van der Waals surface area contributed by atoms with E-state index in [9.17, 15) is 10.2 Å². The molecule has 5 rings (SSSR count). The molecule has 3 heteroatoms. The second-order valence-electron chi connectivity index (χ2n) is 10.2. The van der Waals surface area contributed by atoms with Crippen LogP contribution in [0.1, 0.15) is 65.2 Å². The SMILES string of the molecule is C[C@]12CC[C@H](O)CC1=CCC1C2CC[C@@]2(C)C1CC[C@@H]2C1OC1CO. The average molecular weight is 347 g/mol. The number of aliphatic hydroxyl groups is 2. The Hall–Kier alpha value is -0.380. The van der Waals surface area contributed by atoms with Gasteiger partial charge >= 0.3 is 0 Å². The molecule has 1 aliphatic heterocycles. The van der Waals surface area contributed by atoms with Crippen LogP contribution in [0.25, 0.3) is 0 Å². The normalized spacial score (nSPS) is 57.3. The molecular formula is C22H34O3. The molecule has 0 spiro atoms. The number of allylic oxidation sites excluding steroid dienone is 1. The molecule has 2 N–H and O–H groups in total. The summed E-state index contributed by atoms with van der Waals surface area (Å²) >= 11 is 0. The van der Waals surface area contributed by atoms with Crippen molar-refractivity contribution in [3.63, 3.8) is 0 Å². The first-order valence-electron chi connectivity index (χ1n) is 10.6. The molecule has 5 aliphatic rings. The summed E-state index contributed by atoms with van der Waals surface area (Å²) in [5, 5.41) is 19.6. The van der Waals surface area contributed by atoms with Crippen molar-refractivity contribution in [1.29, 1.82) is 0 Å². The maximum Gasteiger partial charge on any atom is 0.107 e. The first-order valence-corrected chi connectivity index (χ1v) is 10.6. The Labute approximate surface area is 151 Å². The molecule has 25 heavy (non-hydrogen) atoms. The van der Waals surface area contributed by atoms with Crippen molar-refractivity contribution in [2.75, 3.05) is 6.61 Å². The van der Waals surface area contributed by atoms with Crippen molar-refractivity contribution in [3.05, 3.63) is 11.6 Å². The topological polar surface area (TPSA) is 53.0 Å². The highest BCUT2D eigenvalue weighted by Gasteiger charge is 2.62. The zero-order valence-corrected chi connectivity index (χ0v) is 15.8. The van der Waals surface area contributed by atoms with E-state index in [1.807, 2.05) is 0 Å². The molecular weight excluding hydrogens is 312 g/mol. The first kappa shape index (κ1) is 16.8. The molecule has 140 valence electrons. The number of hydrogen-bond donors (Lipinski definition) is 2. The lowest BCUT2D eigenvalue weighted by molar-refractivity contribution is -0.0528. The van der Waals surface area contributed by atoms with Gasteiger partial charge in [-0.3, -0.25) is 0 Å². The standard InChI is InChI=1S/C22H34O3/c1-21-9-7-14(24)11-13(21)3-4-15-16-5-6-18(20-19(12-23)25-20)22(16,2)10-8-17(15)21/h3,14-20,23-24H,4-12H2,1-2H3/t14-,15?,16?,17?,18+,19?,20?,21-,22-/m0/s1. The molecule has 5 unspecified atom stereocenters. The van der Waals surface area contributed by atoms with Crippen molar-refractivity contribution in [3.8, 4) is 0 Å². The molecule has 0 bridgehead atoms. The second-order valence-corrected chi connectivity index (χ2v) is 10.2. The Morgan fingerprint density at radius 1 is 1.08 bits per heavy atom. The van der Waals surface area contributed by atoms with Gasteiger partial charge in [0.1, 0.15) is 6.10 Å². The van der Waals surface area contributed by atoms with Crippen molar-refractivity contribution in [2.24, 2.45) is 34.5 Å². The van der Waals surface area contributed by atoms with Crippen LogP contribution >= 0.6 is 0 Å². The highest BCUT2D eigenvalue weighted by Crippen LogP contribution is 2.67. The van der Waals surface area contributed by atoms with Gasteiger partial charge in [0.2, 0.25) is 0 Å². The minimum absolute atomic E-state index is 0.108. The third kappa shape index (κ3) is 2.28. The van der Waals surface area contributed by atoms with Gasteiger partial charge in [0.25, 0.3) is 0 Å². The van der Waals surface area contributed by atoms with Gasteiger partial charge in [0, 0.05) is 0 Å². The molecule has 3 nitrogen and oxygen atoms in total. The molecule has 0 aromatic carbocycles. The summed E-state index contributed by atoms with van der Waals surface area (Å²) in [4.78, 5) is 0. The zero-order chi connectivity index (χ0) is 17.4. The zero-order valence-electron chi connectivity index (χ0n) is 15.8. The van der Waals surface area contributed by atoms with Gasteiger partial charge in [-0.1, -0.05) is 25.5 Å². The smallest absolute Gasteiger partial charge is 0.107 e. The minimum atomic E-state index is -0.108. The lowest BCUT2D eigenvalue weighted by Crippen LogP contribution is -2.50. The fourth-order valence-electron chi connectivity index (χ4n) is 7.88. The van der Waals surface area contributed by atoms with Gasteiger partial charge in [0.15, 0.2) is 0 Å². The van der Waals surface area contributed by atoms with Crippen LogP contribution in [0.3, 0.4) is 0 Å². The predicted molar refractivity (Wildman–Crippen MR) is 96.9 cm³/mol. The molecule has 3 saturated carbocycles. The van der Waals surface area contributed by atoms with Crippen LogP contribution in [-0.4, -0.2) is 35.1 Å². The summed E-state index contributed by atoms with van der Waals surface area (Å²) < 4.78 is 5.83. The van der Waals surface area contributed by atoms with E-state index in [0.717, 1.165) is 30.6 Å². The second kappa shape index (κ2) is 5.56. The fourth-order valence-corrected chi connectivity index (χ4v) is 7.88. The van der Waals surface area contributed by atoms with Crippen LogP contribution in [-0.2, 0) is 4.74 Å². The van der Waals surface area contributed by atoms with E-state index in [-0.39, 0.29) is 18.8 Å². The summed E-state index contributed by atoms with van der Waals surface area (Å²) in [6.07, 6.45) is 12.5. The number of fused-ring (bicyclic) bond motifs is 5. The number of aliphatic hydroxyl groups excluding tert-OH is 2. The van der Waals surface area contributed by atoms with Crippen LogP contribution in [0, 0.1) is 34.5 Å². The molecule has 0 aromatic rings. The summed E-state index contributed by atoms with van der Waals surface area (Å²) in [6, 6.07) is 0. The lowest BCUT2D eigenvalue weighted by Gasteiger charge is -2.58. The monoisotopic (exact) mass is 346 g/mol. The Balaban J connectivity index is 1.42. The van der Waals surface area contributed by atoms with Crippen molar-refractivity contribution >= 4 is 0 Å². The van der Waals surface area contributed by atoms with Crippen molar-refractivity contribution < 1.29 is 14.9 Å².